The second-order valence-corrected chi connectivity index (χ2v) is 5.40. The minimum Gasteiger partial charge on any atom is -0.396 e. The van der Waals surface area contributed by atoms with Crippen LogP contribution in [-0.2, 0) is 14.8 Å². The lowest BCUT2D eigenvalue weighted by Gasteiger charge is -2.38. The molecule has 0 amide bonds. The summed E-state index contributed by atoms with van der Waals surface area (Å²) < 4.78 is 29.0. The van der Waals surface area contributed by atoms with Crippen LogP contribution in [0.1, 0.15) is 12.8 Å². The molecule has 0 aromatic carbocycles. The molecule has 0 aromatic heterocycles. The lowest BCUT2D eigenvalue weighted by molar-refractivity contribution is 0.0451. The summed E-state index contributed by atoms with van der Waals surface area (Å²) in [6.45, 7) is 1.64. The zero-order valence-electron chi connectivity index (χ0n) is 8.35. The van der Waals surface area contributed by atoms with E-state index in [1.54, 1.807) is 0 Å². The first kappa shape index (κ1) is 11.9. The summed E-state index contributed by atoms with van der Waals surface area (Å²) in [5.74, 6) is 0. The van der Waals surface area contributed by atoms with Crippen LogP contribution in [0.2, 0.25) is 0 Å². The van der Waals surface area contributed by atoms with E-state index in [2.05, 4.69) is 0 Å². The average Bonchev–Trinajstić information content (AvgIpc) is 1.98. The highest BCUT2D eigenvalue weighted by Crippen LogP contribution is 2.20. The van der Waals surface area contributed by atoms with E-state index in [4.69, 9.17) is 9.84 Å². The third-order valence-electron chi connectivity index (χ3n) is 2.27. The van der Waals surface area contributed by atoms with E-state index < -0.39 is 10.0 Å². The van der Waals surface area contributed by atoms with Crippen LogP contribution in [0.25, 0.3) is 0 Å². The summed E-state index contributed by atoms with van der Waals surface area (Å²) in [6.07, 6.45) is 2.69. The number of ether oxygens (including phenoxy) is 1. The van der Waals surface area contributed by atoms with E-state index in [0.29, 0.717) is 26.2 Å². The lowest BCUT2D eigenvalue weighted by Crippen LogP contribution is -2.52. The van der Waals surface area contributed by atoms with Gasteiger partial charge in [-0.05, 0) is 12.8 Å². The summed E-state index contributed by atoms with van der Waals surface area (Å²) in [7, 11) is -3.05. The Morgan fingerprint density at radius 1 is 1.57 bits per heavy atom. The normalized spacial score (nSPS) is 23.4. The molecule has 1 fully saturated rings. The van der Waals surface area contributed by atoms with Gasteiger partial charge in [0.15, 0.2) is 0 Å². The molecule has 6 heteroatoms. The second kappa shape index (κ2) is 5.06. The fraction of sp³-hybridized carbons (Fsp3) is 1.00. The van der Waals surface area contributed by atoms with Gasteiger partial charge in [-0.1, -0.05) is 0 Å². The summed E-state index contributed by atoms with van der Waals surface area (Å²) in [6, 6.07) is 0.00342. The van der Waals surface area contributed by atoms with Crippen molar-refractivity contribution in [3.05, 3.63) is 0 Å². The van der Waals surface area contributed by atoms with Crippen molar-refractivity contribution in [2.24, 2.45) is 0 Å². The van der Waals surface area contributed by atoms with Crippen LogP contribution in [0.5, 0.6) is 0 Å². The summed E-state index contributed by atoms with van der Waals surface area (Å²) in [5.41, 5.74) is 0. The van der Waals surface area contributed by atoms with E-state index in [0.717, 1.165) is 6.42 Å². The molecule has 0 spiro atoms. The van der Waals surface area contributed by atoms with Crippen molar-refractivity contribution in [3.63, 3.8) is 0 Å². The number of aliphatic hydroxyl groups is 1. The van der Waals surface area contributed by atoms with Crippen LogP contribution in [0.4, 0.5) is 0 Å². The number of nitrogens with zero attached hydrogens (tertiary/aromatic N) is 1. The second-order valence-electron chi connectivity index (χ2n) is 3.47. The van der Waals surface area contributed by atoms with Crippen molar-refractivity contribution in [2.75, 3.05) is 32.6 Å². The number of hydrogen-bond acceptors (Lipinski definition) is 4. The highest BCUT2D eigenvalue weighted by atomic mass is 32.2. The predicted molar refractivity (Wildman–Crippen MR) is 52.5 cm³/mol. The number of sulfonamides is 1. The zero-order valence-corrected chi connectivity index (χ0v) is 9.16. The first-order valence-corrected chi connectivity index (χ1v) is 6.56. The van der Waals surface area contributed by atoms with Crippen LogP contribution in [0.3, 0.4) is 0 Å². The minimum absolute atomic E-state index is 0.00342. The molecule has 0 radical (unpaired) electrons. The fourth-order valence-electron chi connectivity index (χ4n) is 1.41. The molecule has 14 heavy (non-hydrogen) atoms. The molecular formula is C8H17NO4S. The topological polar surface area (TPSA) is 66.8 Å². The molecule has 84 valence electrons. The Bertz CT molecular complexity index is 265. The van der Waals surface area contributed by atoms with Crippen molar-refractivity contribution >= 4 is 10.0 Å². The number of hydrogen-bond donors (Lipinski definition) is 1. The van der Waals surface area contributed by atoms with Crippen LogP contribution in [0.15, 0.2) is 0 Å². The highest BCUT2D eigenvalue weighted by Gasteiger charge is 2.34. The molecule has 1 rings (SSSR count). The molecule has 1 atom stereocenters. The first-order valence-electron chi connectivity index (χ1n) is 4.71. The van der Waals surface area contributed by atoms with Crippen LogP contribution in [0, 0.1) is 0 Å². The third-order valence-corrected chi connectivity index (χ3v) is 3.61. The van der Waals surface area contributed by atoms with Crippen molar-refractivity contribution in [2.45, 2.75) is 18.9 Å². The Kier molecular flexibility index (Phi) is 4.31. The van der Waals surface area contributed by atoms with Crippen LogP contribution in [-0.4, -0.2) is 56.5 Å². The third kappa shape index (κ3) is 3.20. The van der Waals surface area contributed by atoms with Gasteiger partial charge in [0.05, 0.1) is 12.9 Å². The predicted octanol–water partition coefficient (Wildman–Crippen LogP) is -0.581. The highest BCUT2D eigenvalue weighted by molar-refractivity contribution is 7.88. The maximum atomic E-state index is 11.1. The molecule has 1 unspecified atom stereocenters. The Balaban J connectivity index is 2.20. The van der Waals surface area contributed by atoms with Gasteiger partial charge < -0.3 is 9.84 Å². The maximum absolute atomic E-state index is 11.1. The van der Waals surface area contributed by atoms with Gasteiger partial charge in [-0.2, -0.15) is 4.31 Å². The van der Waals surface area contributed by atoms with Crippen molar-refractivity contribution in [3.8, 4) is 0 Å². The maximum Gasteiger partial charge on any atom is 0.211 e. The van der Waals surface area contributed by atoms with E-state index in [9.17, 15) is 8.42 Å². The molecule has 1 aliphatic heterocycles. The Hall–Kier alpha value is -0.170. The number of rotatable bonds is 6. The molecule has 0 aliphatic carbocycles. The van der Waals surface area contributed by atoms with E-state index in [1.165, 1.54) is 10.6 Å². The van der Waals surface area contributed by atoms with E-state index >= 15 is 0 Å². The van der Waals surface area contributed by atoms with E-state index in [-0.39, 0.29) is 12.6 Å². The standard InChI is InChI=1S/C8H17NO4S/c1-14(11,12)9-4-3-8(9)7-13-6-2-5-10/h8,10H,2-7H2,1H3. The quantitative estimate of drug-likeness (QED) is 0.612. The Labute approximate surface area is 84.7 Å². The SMILES string of the molecule is CS(=O)(=O)N1CCC1COCCCO. The summed E-state index contributed by atoms with van der Waals surface area (Å²) in [5, 5.41) is 8.50. The molecule has 1 saturated heterocycles. The largest absolute Gasteiger partial charge is 0.396 e. The Morgan fingerprint density at radius 3 is 2.71 bits per heavy atom. The molecule has 5 nitrogen and oxygen atoms in total. The van der Waals surface area contributed by atoms with Gasteiger partial charge >= 0.3 is 0 Å². The van der Waals surface area contributed by atoms with Gasteiger partial charge in [0.2, 0.25) is 10.0 Å². The fourth-order valence-corrected chi connectivity index (χ4v) is 2.55. The molecular weight excluding hydrogens is 206 g/mol. The van der Waals surface area contributed by atoms with Gasteiger partial charge in [0.25, 0.3) is 0 Å². The van der Waals surface area contributed by atoms with E-state index in [1.807, 2.05) is 0 Å². The van der Waals surface area contributed by atoms with Crippen molar-refractivity contribution < 1.29 is 18.3 Å². The van der Waals surface area contributed by atoms with Crippen molar-refractivity contribution in [1.82, 2.24) is 4.31 Å². The smallest absolute Gasteiger partial charge is 0.211 e. The molecule has 0 aromatic rings. The van der Waals surface area contributed by atoms with Gasteiger partial charge in [0, 0.05) is 25.8 Å². The molecule has 1 N–H and O–H groups in total. The summed E-state index contributed by atoms with van der Waals surface area (Å²) in [4.78, 5) is 0. The summed E-state index contributed by atoms with van der Waals surface area (Å²) >= 11 is 0. The lowest BCUT2D eigenvalue weighted by atomic mass is 10.1. The number of aliphatic hydroxyl groups excluding tert-OH is 1. The monoisotopic (exact) mass is 223 g/mol. The van der Waals surface area contributed by atoms with Gasteiger partial charge in [0.1, 0.15) is 0 Å². The van der Waals surface area contributed by atoms with Crippen molar-refractivity contribution in [1.29, 1.82) is 0 Å². The Morgan fingerprint density at radius 2 is 2.29 bits per heavy atom. The first-order chi connectivity index (χ1) is 6.55. The van der Waals surface area contributed by atoms with Crippen LogP contribution < -0.4 is 0 Å². The van der Waals surface area contributed by atoms with Gasteiger partial charge in [-0.15, -0.1) is 0 Å². The van der Waals surface area contributed by atoms with Crippen LogP contribution >= 0.6 is 0 Å². The average molecular weight is 223 g/mol. The molecule has 0 saturated carbocycles. The molecule has 1 heterocycles. The molecule has 1 aliphatic rings. The molecule has 0 bridgehead atoms. The zero-order chi connectivity index (χ0) is 10.6. The minimum atomic E-state index is -3.05. The van der Waals surface area contributed by atoms with Gasteiger partial charge in [-0.25, -0.2) is 8.42 Å². The van der Waals surface area contributed by atoms with Gasteiger partial charge in [-0.3, -0.25) is 0 Å².